The topological polar surface area (TPSA) is 80.5 Å². The van der Waals surface area contributed by atoms with E-state index < -0.39 is 14.9 Å². The van der Waals surface area contributed by atoms with Crippen molar-refractivity contribution in [1.82, 2.24) is 0 Å². The smallest absolute Gasteiger partial charge is 0.261 e. The molecule has 9 heteroatoms. The summed E-state index contributed by atoms with van der Waals surface area (Å²) >= 11 is 12.1. The molecule has 0 aliphatic rings. The minimum Gasteiger partial charge on any atom is -0.261 e. The molecule has 0 radical (unpaired) electrons. The molecular formula is C16H14Cl2N2O4S. The fraction of sp³-hybridized carbons (Fsp3) is 0.125. The van der Waals surface area contributed by atoms with Gasteiger partial charge in [-0.05, 0) is 24.6 Å². The van der Waals surface area contributed by atoms with E-state index in [-0.39, 0.29) is 32.9 Å². The van der Waals surface area contributed by atoms with Crippen LogP contribution in [0.25, 0.3) is 0 Å². The van der Waals surface area contributed by atoms with Gasteiger partial charge in [0, 0.05) is 12.1 Å². The van der Waals surface area contributed by atoms with Gasteiger partial charge in [-0.15, -0.1) is 6.58 Å². The molecule has 0 aliphatic heterocycles. The first-order valence-electron chi connectivity index (χ1n) is 7.03. The van der Waals surface area contributed by atoms with Gasteiger partial charge in [-0.2, -0.15) is 0 Å². The van der Waals surface area contributed by atoms with E-state index in [0.717, 1.165) is 10.4 Å². The lowest BCUT2D eigenvalue weighted by Gasteiger charge is -2.25. The molecular weight excluding hydrogens is 387 g/mol. The highest BCUT2D eigenvalue weighted by atomic mass is 35.5. The van der Waals surface area contributed by atoms with E-state index in [1.54, 1.807) is 13.0 Å². The van der Waals surface area contributed by atoms with Crippen molar-refractivity contribution in [2.75, 3.05) is 10.8 Å². The third-order valence-corrected chi connectivity index (χ3v) is 6.18. The molecule has 0 unspecified atom stereocenters. The Kier molecular flexibility index (Phi) is 5.72. The first-order valence-corrected chi connectivity index (χ1v) is 9.22. The Balaban J connectivity index is 2.69. The molecule has 0 aliphatic carbocycles. The summed E-state index contributed by atoms with van der Waals surface area (Å²) in [5, 5.41) is 11.3. The second kappa shape index (κ2) is 7.43. The molecule has 0 amide bonds. The van der Waals surface area contributed by atoms with Crippen molar-refractivity contribution in [2.45, 2.75) is 11.8 Å². The summed E-state index contributed by atoms with van der Waals surface area (Å²) in [5.74, 6) is 0. The maximum atomic E-state index is 13.1. The SMILES string of the molecule is C=CCN(c1cccc(Cl)c1Cl)S(=O)(=O)c1cc([N+](=O)[O-])ccc1C. The van der Waals surface area contributed by atoms with Crippen LogP contribution in [0.4, 0.5) is 11.4 Å². The zero-order valence-corrected chi connectivity index (χ0v) is 15.5. The quantitative estimate of drug-likeness (QED) is 0.403. The van der Waals surface area contributed by atoms with Crippen molar-refractivity contribution >= 4 is 44.6 Å². The summed E-state index contributed by atoms with van der Waals surface area (Å²) in [6.07, 6.45) is 1.39. The van der Waals surface area contributed by atoms with Crippen LogP contribution in [0.15, 0.2) is 53.9 Å². The van der Waals surface area contributed by atoms with Gasteiger partial charge in [0.25, 0.3) is 15.7 Å². The van der Waals surface area contributed by atoms with Crippen molar-refractivity contribution < 1.29 is 13.3 Å². The van der Waals surface area contributed by atoms with Crippen LogP contribution >= 0.6 is 23.2 Å². The zero-order chi connectivity index (χ0) is 18.8. The first kappa shape index (κ1) is 19.2. The lowest BCUT2D eigenvalue weighted by atomic mass is 10.2. The molecule has 132 valence electrons. The van der Waals surface area contributed by atoms with Crippen molar-refractivity contribution in [1.29, 1.82) is 0 Å². The molecule has 25 heavy (non-hydrogen) atoms. The van der Waals surface area contributed by atoms with Crippen molar-refractivity contribution in [2.24, 2.45) is 0 Å². The summed E-state index contributed by atoms with van der Waals surface area (Å²) in [6.45, 7) is 5.04. The number of benzene rings is 2. The van der Waals surface area contributed by atoms with E-state index in [4.69, 9.17) is 23.2 Å². The number of nitro benzene ring substituents is 1. The Bertz CT molecular complexity index is 945. The average Bonchev–Trinajstić information content (AvgIpc) is 2.55. The van der Waals surface area contributed by atoms with E-state index in [2.05, 4.69) is 6.58 Å². The highest BCUT2D eigenvalue weighted by molar-refractivity contribution is 7.93. The molecule has 0 atom stereocenters. The van der Waals surface area contributed by atoms with Crippen LogP contribution in [0.2, 0.25) is 10.0 Å². The van der Waals surface area contributed by atoms with Gasteiger partial charge in [-0.1, -0.05) is 41.4 Å². The molecule has 2 rings (SSSR count). The van der Waals surface area contributed by atoms with Gasteiger partial charge in [0.2, 0.25) is 0 Å². The standard InChI is InChI=1S/C16H14Cl2N2O4S/c1-3-9-19(14-6-4-5-13(17)16(14)18)25(23,24)15-10-12(20(21)22)8-7-11(15)2/h3-8,10H,1,9H2,2H3. The van der Waals surface area contributed by atoms with Crippen LogP contribution in [-0.4, -0.2) is 19.9 Å². The molecule has 0 heterocycles. The van der Waals surface area contributed by atoms with Crippen molar-refractivity contribution in [3.05, 3.63) is 74.8 Å². The summed E-state index contributed by atoms with van der Waals surface area (Å²) in [5.41, 5.74) is 0.220. The summed E-state index contributed by atoms with van der Waals surface area (Å²) < 4.78 is 27.3. The van der Waals surface area contributed by atoms with Gasteiger partial charge in [0.15, 0.2) is 0 Å². The summed E-state index contributed by atoms with van der Waals surface area (Å²) in [4.78, 5) is 10.2. The lowest BCUT2D eigenvalue weighted by Crippen LogP contribution is -2.32. The molecule has 0 aromatic heterocycles. The minimum atomic E-state index is -4.13. The van der Waals surface area contributed by atoms with Crippen LogP contribution in [0.3, 0.4) is 0 Å². The Hall–Kier alpha value is -2.09. The number of aryl methyl sites for hydroxylation is 1. The van der Waals surface area contributed by atoms with Gasteiger partial charge < -0.3 is 0 Å². The molecule has 2 aromatic carbocycles. The maximum absolute atomic E-state index is 13.1. The number of sulfonamides is 1. The van der Waals surface area contributed by atoms with Gasteiger partial charge in [0.1, 0.15) is 0 Å². The molecule has 0 saturated heterocycles. The minimum absolute atomic E-state index is 0.0673. The number of rotatable bonds is 6. The second-order valence-electron chi connectivity index (χ2n) is 5.10. The molecule has 0 saturated carbocycles. The third kappa shape index (κ3) is 3.78. The number of hydrogen-bond acceptors (Lipinski definition) is 4. The third-order valence-electron chi connectivity index (χ3n) is 3.45. The number of nitrogens with zero attached hydrogens (tertiary/aromatic N) is 2. The molecule has 0 spiro atoms. The van der Waals surface area contributed by atoms with E-state index >= 15 is 0 Å². The maximum Gasteiger partial charge on any atom is 0.270 e. The molecule has 0 N–H and O–H groups in total. The van der Waals surface area contributed by atoms with Crippen molar-refractivity contribution in [3.63, 3.8) is 0 Å². The number of halogens is 2. The fourth-order valence-corrected chi connectivity index (χ4v) is 4.37. The number of hydrogen-bond donors (Lipinski definition) is 0. The van der Waals surface area contributed by atoms with E-state index in [1.807, 2.05) is 0 Å². The average molecular weight is 401 g/mol. The summed E-state index contributed by atoms with van der Waals surface area (Å²) in [6, 6.07) is 8.26. The van der Waals surface area contributed by atoms with E-state index in [0.29, 0.717) is 5.56 Å². The van der Waals surface area contributed by atoms with Crippen LogP contribution in [0.1, 0.15) is 5.56 Å². The highest BCUT2D eigenvalue weighted by Gasteiger charge is 2.29. The normalized spacial score (nSPS) is 11.2. The highest BCUT2D eigenvalue weighted by Crippen LogP contribution is 2.36. The van der Waals surface area contributed by atoms with E-state index in [9.17, 15) is 18.5 Å². The predicted octanol–water partition coefficient (Wildman–Crippen LogP) is 4.59. The van der Waals surface area contributed by atoms with E-state index in [1.165, 1.54) is 30.3 Å². The Morgan fingerprint density at radius 1 is 1.28 bits per heavy atom. The van der Waals surface area contributed by atoms with Crippen LogP contribution in [0.5, 0.6) is 0 Å². The zero-order valence-electron chi connectivity index (χ0n) is 13.1. The Labute approximate surface area is 155 Å². The van der Waals surface area contributed by atoms with Crippen molar-refractivity contribution in [3.8, 4) is 0 Å². The monoisotopic (exact) mass is 400 g/mol. The molecule has 0 bridgehead atoms. The van der Waals surface area contributed by atoms with Crippen LogP contribution < -0.4 is 4.31 Å². The fourth-order valence-electron chi connectivity index (χ4n) is 2.23. The Morgan fingerprint density at radius 3 is 2.56 bits per heavy atom. The van der Waals surface area contributed by atoms with Gasteiger partial charge in [-0.25, -0.2) is 8.42 Å². The Morgan fingerprint density at radius 2 is 1.96 bits per heavy atom. The molecule has 2 aromatic rings. The first-order chi connectivity index (χ1) is 11.7. The number of non-ortho nitro benzene ring substituents is 1. The number of nitro groups is 1. The molecule has 6 nitrogen and oxygen atoms in total. The largest absolute Gasteiger partial charge is 0.270 e. The second-order valence-corrected chi connectivity index (χ2v) is 7.72. The molecule has 0 fully saturated rings. The van der Waals surface area contributed by atoms with Crippen LogP contribution in [-0.2, 0) is 10.0 Å². The predicted molar refractivity (Wildman–Crippen MR) is 99.0 cm³/mol. The van der Waals surface area contributed by atoms with Gasteiger partial charge in [-0.3, -0.25) is 14.4 Å². The number of anilines is 1. The van der Waals surface area contributed by atoms with Gasteiger partial charge >= 0.3 is 0 Å². The van der Waals surface area contributed by atoms with Crippen LogP contribution in [0, 0.1) is 17.0 Å². The lowest BCUT2D eigenvalue weighted by molar-refractivity contribution is -0.385. The summed E-state index contributed by atoms with van der Waals surface area (Å²) in [7, 11) is -4.13. The van der Waals surface area contributed by atoms with Gasteiger partial charge in [0.05, 0.1) is 32.1 Å².